The molecule has 2 fully saturated rings. The van der Waals surface area contributed by atoms with Gasteiger partial charge in [0.15, 0.2) is 0 Å². The number of aromatic nitrogens is 2. The lowest BCUT2D eigenvalue weighted by Gasteiger charge is -2.34. The van der Waals surface area contributed by atoms with Crippen LogP contribution in [0.2, 0.25) is 0 Å². The van der Waals surface area contributed by atoms with E-state index >= 15 is 0 Å². The summed E-state index contributed by atoms with van der Waals surface area (Å²) in [6, 6.07) is 8.10. The van der Waals surface area contributed by atoms with Crippen LogP contribution in [-0.2, 0) is 4.79 Å². The standard InChI is InChI=1S/C25H38N6O3/c1-3-12-29-16-18-30(19-17-29)13-4-11-26-24(32)21-9-14-31(15-10-21)25-27-23(28-34-25)20-5-7-22(33-2)8-6-20/h5-8,21H,3-4,9-19H2,1-2H3,(H,26,32). The van der Waals surface area contributed by atoms with Gasteiger partial charge in [-0.3, -0.25) is 4.79 Å². The summed E-state index contributed by atoms with van der Waals surface area (Å²) in [4.78, 5) is 24.3. The number of anilines is 1. The molecule has 2 aliphatic rings. The fraction of sp³-hybridized carbons (Fsp3) is 0.640. The fourth-order valence-corrected chi connectivity index (χ4v) is 4.75. The van der Waals surface area contributed by atoms with Crippen molar-refractivity contribution < 1.29 is 14.1 Å². The molecule has 0 aliphatic carbocycles. The number of amides is 1. The SMILES string of the molecule is CCCN1CCN(CCCNC(=O)C2CCN(c3nc(-c4ccc(OC)cc4)no3)CC2)CC1. The Bertz CT molecular complexity index is 886. The number of carbonyl (C=O) groups is 1. The third kappa shape index (κ3) is 6.48. The fourth-order valence-electron chi connectivity index (χ4n) is 4.75. The van der Waals surface area contributed by atoms with Gasteiger partial charge in [0, 0.05) is 57.3 Å². The van der Waals surface area contributed by atoms with Gasteiger partial charge in [-0.25, -0.2) is 0 Å². The lowest BCUT2D eigenvalue weighted by molar-refractivity contribution is -0.125. The minimum atomic E-state index is 0.0535. The molecule has 0 unspecified atom stereocenters. The van der Waals surface area contributed by atoms with Gasteiger partial charge >= 0.3 is 6.01 Å². The Morgan fingerprint density at radius 1 is 1.06 bits per heavy atom. The highest BCUT2D eigenvalue weighted by Crippen LogP contribution is 2.25. The summed E-state index contributed by atoms with van der Waals surface area (Å²) in [6.07, 6.45) is 3.83. The summed E-state index contributed by atoms with van der Waals surface area (Å²) in [5.41, 5.74) is 0.882. The highest BCUT2D eigenvalue weighted by atomic mass is 16.5. The predicted molar refractivity (Wildman–Crippen MR) is 132 cm³/mol. The van der Waals surface area contributed by atoms with Crippen LogP contribution in [-0.4, -0.2) is 91.9 Å². The summed E-state index contributed by atoms with van der Waals surface area (Å²) in [6.45, 7) is 11.4. The lowest BCUT2D eigenvalue weighted by Crippen LogP contribution is -2.47. The van der Waals surface area contributed by atoms with Crippen LogP contribution in [0.15, 0.2) is 28.8 Å². The van der Waals surface area contributed by atoms with Gasteiger partial charge < -0.3 is 29.3 Å². The van der Waals surface area contributed by atoms with Crippen LogP contribution in [0.5, 0.6) is 5.75 Å². The molecule has 1 amide bonds. The molecule has 0 radical (unpaired) electrons. The molecule has 9 nitrogen and oxygen atoms in total. The second kappa shape index (κ2) is 12.2. The number of carbonyl (C=O) groups excluding carboxylic acids is 1. The number of piperazine rings is 1. The van der Waals surface area contributed by atoms with E-state index in [1.165, 1.54) is 26.1 Å². The first-order chi connectivity index (χ1) is 16.7. The van der Waals surface area contributed by atoms with E-state index in [0.717, 1.165) is 69.8 Å². The van der Waals surface area contributed by atoms with E-state index in [4.69, 9.17) is 9.26 Å². The van der Waals surface area contributed by atoms with Crippen molar-refractivity contribution in [3.8, 4) is 17.1 Å². The molecule has 0 spiro atoms. The van der Waals surface area contributed by atoms with Crippen molar-refractivity contribution in [1.82, 2.24) is 25.3 Å². The predicted octanol–water partition coefficient (Wildman–Crippen LogP) is 2.50. The van der Waals surface area contributed by atoms with Gasteiger partial charge in [0.25, 0.3) is 0 Å². The van der Waals surface area contributed by atoms with Crippen LogP contribution in [0, 0.1) is 5.92 Å². The number of ether oxygens (including phenoxy) is 1. The van der Waals surface area contributed by atoms with Crippen molar-refractivity contribution in [1.29, 1.82) is 0 Å². The average molecular weight is 471 g/mol. The third-order valence-corrected chi connectivity index (χ3v) is 6.85. The van der Waals surface area contributed by atoms with Gasteiger partial charge in [0.1, 0.15) is 5.75 Å². The third-order valence-electron chi connectivity index (χ3n) is 6.85. The van der Waals surface area contributed by atoms with E-state index in [1.54, 1.807) is 7.11 Å². The molecule has 0 saturated carbocycles. The Hall–Kier alpha value is -2.65. The number of piperidine rings is 1. The number of nitrogens with zero attached hydrogens (tertiary/aromatic N) is 5. The molecule has 2 saturated heterocycles. The highest BCUT2D eigenvalue weighted by Gasteiger charge is 2.27. The minimum absolute atomic E-state index is 0.0535. The average Bonchev–Trinajstić information content (AvgIpc) is 3.38. The van der Waals surface area contributed by atoms with Crippen LogP contribution in [0.1, 0.15) is 32.6 Å². The molecule has 4 rings (SSSR count). The molecule has 3 heterocycles. The van der Waals surface area contributed by atoms with E-state index in [1.807, 2.05) is 24.3 Å². The second-order valence-electron chi connectivity index (χ2n) is 9.22. The topological polar surface area (TPSA) is 87.0 Å². The van der Waals surface area contributed by atoms with Crippen molar-refractivity contribution in [2.75, 3.05) is 70.9 Å². The number of methoxy groups -OCH3 is 1. The molecule has 186 valence electrons. The molecule has 9 heteroatoms. The quantitative estimate of drug-likeness (QED) is 0.530. The van der Waals surface area contributed by atoms with Crippen molar-refractivity contribution in [2.45, 2.75) is 32.6 Å². The Kier molecular flexibility index (Phi) is 8.76. The van der Waals surface area contributed by atoms with Gasteiger partial charge in [-0.15, -0.1) is 0 Å². The Morgan fingerprint density at radius 2 is 1.74 bits per heavy atom. The Morgan fingerprint density at radius 3 is 2.38 bits per heavy atom. The minimum Gasteiger partial charge on any atom is -0.497 e. The Balaban J connectivity index is 1.14. The van der Waals surface area contributed by atoms with E-state index in [2.05, 4.69) is 37.1 Å². The van der Waals surface area contributed by atoms with Gasteiger partial charge in [0.05, 0.1) is 7.11 Å². The molecule has 2 aliphatic heterocycles. The van der Waals surface area contributed by atoms with E-state index in [-0.39, 0.29) is 11.8 Å². The molecular weight excluding hydrogens is 432 g/mol. The number of rotatable bonds is 10. The van der Waals surface area contributed by atoms with Crippen molar-refractivity contribution in [3.05, 3.63) is 24.3 Å². The monoisotopic (exact) mass is 470 g/mol. The summed E-state index contributed by atoms with van der Waals surface area (Å²) < 4.78 is 10.7. The van der Waals surface area contributed by atoms with Crippen LogP contribution >= 0.6 is 0 Å². The van der Waals surface area contributed by atoms with Crippen molar-refractivity contribution in [3.63, 3.8) is 0 Å². The van der Waals surface area contributed by atoms with E-state index in [9.17, 15) is 4.79 Å². The van der Waals surface area contributed by atoms with Crippen molar-refractivity contribution in [2.24, 2.45) is 5.92 Å². The van der Waals surface area contributed by atoms with E-state index in [0.29, 0.717) is 11.8 Å². The second-order valence-corrected chi connectivity index (χ2v) is 9.22. The zero-order valence-electron chi connectivity index (χ0n) is 20.5. The van der Waals surface area contributed by atoms with Gasteiger partial charge in [-0.2, -0.15) is 4.98 Å². The zero-order valence-corrected chi connectivity index (χ0v) is 20.5. The smallest absolute Gasteiger partial charge is 0.324 e. The van der Waals surface area contributed by atoms with E-state index < -0.39 is 0 Å². The Labute approximate surface area is 202 Å². The molecule has 2 aromatic rings. The largest absolute Gasteiger partial charge is 0.497 e. The molecule has 1 aromatic heterocycles. The van der Waals surface area contributed by atoms with Gasteiger partial charge in [-0.05, 0) is 63.0 Å². The first-order valence-corrected chi connectivity index (χ1v) is 12.6. The van der Waals surface area contributed by atoms with Crippen LogP contribution < -0.4 is 15.0 Å². The molecular formula is C25H38N6O3. The van der Waals surface area contributed by atoms with Crippen LogP contribution in [0.3, 0.4) is 0 Å². The van der Waals surface area contributed by atoms with Gasteiger partial charge in [-0.1, -0.05) is 12.1 Å². The lowest BCUT2D eigenvalue weighted by atomic mass is 9.96. The van der Waals surface area contributed by atoms with Crippen LogP contribution in [0.4, 0.5) is 6.01 Å². The number of nitrogens with one attached hydrogen (secondary N) is 1. The molecule has 0 atom stereocenters. The molecule has 34 heavy (non-hydrogen) atoms. The maximum Gasteiger partial charge on any atom is 0.324 e. The molecule has 1 aromatic carbocycles. The van der Waals surface area contributed by atoms with Crippen molar-refractivity contribution >= 4 is 11.9 Å². The summed E-state index contributed by atoms with van der Waals surface area (Å²) in [5, 5.41) is 7.27. The summed E-state index contributed by atoms with van der Waals surface area (Å²) >= 11 is 0. The first-order valence-electron chi connectivity index (χ1n) is 12.6. The maximum atomic E-state index is 12.6. The van der Waals surface area contributed by atoms with Crippen LogP contribution in [0.25, 0.3) is 11.4 Å². The molecule has 1 N–H and O–H groups in total. The number of benzene rings is 1. The summed E-state index contributed by atoms with van der Waals surface area (Å²) in [7, 11) is 1.64. The highest BCUT2D eigenvalue weighted by molar-refractivity contribution is 5.78. The van der Waals surface area contributed by atoms with Gasteiger partial charge in [0.2, 0.25) is 11.7 Å². The maximum absolute atomic E-state index is 12.6. The first kappa shape index (κ1) is 24.5. The summed E-state index contributed by atoms with van der Waals surface area (Å²) in [5.74, 6) is 1.58. The zero-order chi connectivity index (χ0) is 23.8. The molecule has 0 bridgehead atoms. The number of hydrogen-bond donors (Lipinski definition) is 1. The normalized spacial score (nSPS) is 18.2. The number of hydrogen-bond acceptors (Lipinski definition) is 8.